The largest absolute Gasteiger partial charge is 0.342 e. The number of carbonyl (C=O) groups is 1. The number of hydrogen-bond acceptors (Lipinski definition) is 2. The van der Waals surface area contributed by atoms with Crippen LogP contribution in [0.5, 0.6) is 0 Å². The van der Waals surface area contributed by atoms with E-state index in [1.165, 1.54) is 0 Å². The molecular formula is C16H28N2O. The van der Waals surface area contributed by atoms with Crippen LogP contribution in [-0.4, -0.2) is 23.9 Å². The second-order valence-electron chi connectivity index (χ2n) is 6.79. The minimum atomic E-state index is -0.297. The Balaban J connectivity index is 2.68. The smallest absolute Gasteiger partial charge is 0.227 e. The summed E-state index contributed by atoms with van der Waals surface area (Å²) in [6.45, 7) is 11.8. The second kappa shape index (κ2) is 5.94. The second-order valence-corrected chi connectivity index (χ2v) is 6.79. The van der Waals surface area contributed by atoms with Crippen LogP contribution in [0, 0.1) is 28.1 Å². The maximum absolute atomic E-state index is 12.2. The van der Waals surface area contributed by atoms with Crippen molar-refractivity contribution in [3.05, 3.63) is 0 Å². The van der Waals surface area contributed by atoms with Crippen LogP contribution in [0.15, 0.2) is 0 Å². The molecule has 0 aromatic carbocycles. The van der Waals surface area contributed by atoms with Crippen molar-refractivity contribution < 1.29 is 4.79 Å². The number of rotatable bonds is 3. The molecule has 0 unspecified atom stereocenters. The minimum Gasteiger partial charge on any atom is -0.342 e. The SMILES string of the molecule is CCC(C#N)(CC)C1CCN(C(=O)C(C)(C)C)CC1. The quantitative estimate of drug-likeness (QED) is 0.781. The van der Waals surface area contributed by atoms with E-state index in [-0.39, 0.29) is 16.7 Å². The number of hydrogen-bond donors (Lipinski definition) is 0. The average molecular weight is 264 g/mol. The Morgan fingerprint density at radius 2 is 1.68 bits per heavy atom. The third-order valence-electron chi connectivity index (χ3n) is 4.69. The van der Waals surface area contributed by atoms with Crippen LogP contribution >= 0.6 is 0 Å². The molecule has 3 heteroatoms. The van der Waals surface area contributed by atoms with Gasteiger partial charge in [0.15, 0.2) is 0 Å². The predicted octanol–water partition coefficient (Wildman–Crippen LogP) is 3.60. The fraction of sp³-hybridized carbons (Fsp3) is 0.875. The normalized spacial score (nSPS) is 18.2. The first-order valence-corrected chi connectivity index (χ1v) is 7.51. The maximum atomic E-state index is 12.2. The highest BCUT2D eigenvalue weighted by Gasteiger charge is 2.39. The Bertz CT molecular complexity index is 350. The topological polar surface area (TPSA) is 44.1 Å². The highest BCUT2D eigenvalue weighted by molar-refractivity contribution is 5.81. The van der Waals surface area contributed by atoms with Gasteiger partial charge in [0.1, 0.15) is 0 Å². The first kappa shape index (κ1) is 16.0. The average Bonchev–Trinajstić information content (AvgIpc) is 2.40. The summed E-state index contributed by atoms with van der Waals surface area (Å²) in [7, 11) is 0. The van der Waals surface area contributed by atoms with Crippen molar-refractivity contribution in [3.63, 3.8) is 0 Å². The molecule has 0 N–H and O–H groups in total. The zero-order chi connectivity index (χ0) is 14.7. The lowest BCUT2D eigenvalue weighted by atomic mass is 9.68. The molecular weight excluding hydrogens is 236 g/mol. The number of nitrogens with zero attached hydrogens (tertiary/aromatic N) is 2. The van der Waals surface area contributed by atoms with Crippen molar-refractivity contribution in [2.75, 3.05) is 13.1 Å². The summed E-state index contributed by atoms with van der Waals surface area (Å²) in [4.78, 5) is 14.2. The minimum absolute atomic E-state index is 0.184. The van der Waals surface area contributed by atoms with Crippen molar-refractivity contribution in [1.29, 1.82) is 5.26 Å². The number of nitriles is 1. The van der Waals surface area contributed by atoms with Gasteiger partial charge in [-0.2, -0.15) is 5.26 Å². The lowest BCUT2D eigenvalue weighted by Crippen LogP contribution is -2.46. The zero-order valence-electron chi connectivity index (χ0n) is 13.1. The molecule has 0 saturated carbocycles. The lowest BCUT2D eigenvalue weighted by Gasteiger charge is -2.41. The number of likely N-dealkylation sites (tertiary alicyclic amines) is 1. The summed E-state index contributed by atoms with van der Waals surface area (Å²) in [5, 5.41) is 9.50. The molecule has 1 saturated heterocycles. The highest BCUT2D eigenvalue weighted by atomic mass is 16.2. The van der Waals surface area contributed by atoms with Crippen molar-refractivity contribution in [2.24, 2.45) is 16.7 Å². The highest BCUT2D eigenvalue weighted by Crippen LogP contribution is 2.41. The van der Waals surface area contributed by atoms with E-state index in [4.69, 9.17) is 0 Å². The molecule has 0 aliphatic carbocycles. The molecule has 3 nitrogen and oxygen atoms in total. The van der Waals surface area contributed by atoms with E-state index < -0.39 is 0 Å². The van der Waals surface area contributed by atoms with E-state index >= 15 is 0 Å². The fourth-order valence-electron chi connectivity index (χ4n) is 3.19. The van der Waals surface area contributed by atoms with Crippen LogP contribution in [0.25, 0.3) is 0 Å². The molecule has 1 aliphatic heterocycles. The van der Waals surface area contributed by atoms with Crippen LogP contribution in [-0.2, 0) is 4.79 Å². The number of piperidine rings is 1. The van der Waals surface area contributed by atoms with Gasteiger partial charge in [0, 0.05) is 18.5 Å². The molecule has 1 aliphatic rings. The Labute approximate surface area is 118 Å². The number of carbonyl (C=O) groups excluding carboxylic acids is 1. The molecule has 0 radical (unpaired) electrons. The van der Waals surface area contributed by atoms with E-state index in [0.29, 0.717) is 5.92 Å². The Hall–Kier alpha value is -1.04. The standard InChI is InChI=1S/C16H28N2O/c1-6-16(7-2,12-17)13-8-10-18(11-9-13)14(19)15(3,4)5/h13H,6-11H2,1-5H3. The van der Waals surface area contributed by atoms with Gasteiger partial charge in [0.25, 0.3) is 0 Å². The molecule has 0 atom stereocenters. The van der Waals surface area contributed by atoms with E-state index in [1.807, 2.05) is 25.7 Å². The summed E-state index contributed by atoms with van der Waals surface area (Å²) < 4.78 is 0. The van der Waals surface area contributed by atoms with Crippen LogP contribution in [0.3, 0.4) is 0 Å². The Morgan fingerprint density at radius 1 is 1.21 bits per heavy atom. The molecule has 1 amide bonds. The van der Waals surface area contributed by atoms with Crippen molar-refractivity contribution >= 4 is 5.91 Å². The van der Waals surface area contributed by atoms with Gasteiger partial charge in [-0.1, -0.05) is 34.6 Å². The monoisotopic (exact) mass is 264 g/mol. The molecule has 1 fully saturated rings. The van der Waals surface area contributed by atoms with Crippen LogP contribution < -0.4 is 0 Å². The van der Waals surface area contributed by atoms with Crippen LogP contribution in [0.2, 0.25) is 0 Å². The Kier molecular flexibility index (Phi) is 5.01. The summed E-state index contributed by atoms with van der Waals surface area (Å²) in [5.41, 5.74) is -0.481. The van der Waals surface area contributed by atoms with Gasteiger partial charge in [-0.15, -0.1) is 0 Å². The number of amides is 1. The first-order chi connectivity index (χ1) is 8.80. The van der Waals surface area contributed by atoms with E-state index in [0.717, 1.165) is 38.8 Å². The van der Waals surface area contributed by atoms with E-state index in [9.17, 15) is 10.1 Å². The fourth-order valence-corrected chi connectivity index (χ4v) is 3.19. The van der Waals surface area contributed by atoms with Gasteiger partial charge in [0.05, 0.1) is 11.5 Å². The van der Waals surface area contributed by atoms with Crippen molar-refractivity contribution in [3.8, 4) is 6.07 Å². The molecule has 0 aromatic rings. The molecule has 19 heavy (non-hydrogen) atoms. The van der Waals surface area contributed by atoms with Crippen LogP contribution in [0.4, 0.5) is 0 Å². The summed E-state index contributed by atoms with van der Waals surface area (Å²) in [5.74, 6) is 0.679. The van der Waals surface area contributed by atoms with E-state index in [2.05, 4.69) is 19.9 Å². The molecule has 108 valence electrons. The van der Waals surface area contributed by atoms with E-state index in [1.54, 1.807) is 0 Å². The summed E-state index contributed by atoms with van der Waals surface area (Å²) >= 11 is 0. The molecule has 0 bridgehead atoms. The molecule has 0 aromatic heterocycles. The van der Waals surface area contributed by atoms with Crippen molar-refractivity contribution in [2.45, 2.75) is 60.3 Å². The van der Waals surface area contributed by atoms with Crippen LogP contribution in [0.1, 0.15) is 60.3 Å². The molecule has 1 heterocycles. The summed E-state index contributed by atoms with van der Waals surface area (Å²) in [6.07, 6.45) is 3.77. The van der Waals surface area contributed by atoms with Crippen molar-refractivity contribution in [1.82, 2.24) is 4.90 Å². The third-order valence-corrected chi connectivity index (χ3v) is 4.69. The van der Waals surface area contributed by atoms with Gasteiger partial charge in [-0.05, 0) is 31.6 Å². The first-order valence-electron chi connectivity index (χ1n) is 7.51. The predicted molar refractivity (Wildman–Crippen MR) is 77.4 cm³/mol. The van der Waals surface area contributed by atoms with Gasteiger partial charge in [-0.3, -0.25) is 4.79 Å². The lowest BCUT2D eigenvalue weighted by molar-refractivity contribution is -0.141. The molecule has 0 spiro atoms. The molecule has 1 rings (SSSR count). The summed E-state index contributed by atoms with van der Waals surface area (Å²) in [6, 6.07) is 2.56. The Morgan fingerprint density at radius 3 is 2.00 bits per heavy atom. The van der Waals surface area contributed by atoms with Gasteiger partial charge >= 0.3 is 0 Å². The van der Waals surface area contributed by atoms with Gasteiger partial charge < -0.3 is 4.90 Å². The maximum Gasteiger partial charge on any atom is 0.227 e. The zero-order valence-corrected chi connectivity index (χ0v) is 13.1. The van der Waals surface area contributed by atoms with Gasteiger partial charge in [-0.25, -0.2) is 0 Å². The third kappa shape index (κ3) is 3.29. The van der Waals surface area contributed by atoms with Gasteiger partial charge in [0.2, 0.25) is 5.91 Å².